The SMILES string of the molecule is Cc1nc(Cl)cc(N(C)Cc2cnc(N(C)C)nc2)n1. The fraction of sp³-hybridized carbons (Fsp3) is 0.385. The van der Waals surface area contributed by atoms with Crippen molar-refractivity contribution in [2.45, 2.75) is 13.5 Å². The Balaban J connectivity index is 2.12. The molecule has 0 N–H and O–H groups in total. The molecule has 0 fully saturated rings. The van der Waals surface area contributed by atoms with E-state index in [-0.39, 0.29) is 0 Å². The maximum absolute atomic E-state index is 5.94. The van der Waals surface area contributed by atoms with Crippen LogP contribution < -0.4 is 9.80 Å². The van der Waals surface area contributed by atoms with Gasteiger partial charge >= 0.3 is 0 Å². The molecule has 2 aromatic rings. The van der Waals surface area contributed by atoms with E-state index in [9.17, 15) is 0 Å². The molecule has 0 unspecified atom stereocenters. The molecule has 0 aliphatic carbocycles. The Hall–Kier alpha value is -1.95. The van der Waals surface area contributed by atoms with Gasteiger partial charge in [0.1, 0.15) is 16.8 Å². The van der Waals surface area contributed by atoms with Gasteiger partial charge in [0.2, 0.25) is 5.95 Å². The number of nitrogens with zero attached hydrogens (tertiary/aromatic N) is 6. The van der Waals surface area contributed by atoms with Crippen molar-refractivity contribution in [1.29, 1.82) is 0 Å². The Morgan fingerprint density at radius 3 is 2.30 bits per heavy atom. The molecule has 0 bridgehead atoms. The molecule has 20 heavy (non-hydrogen) atoms. The summed E-state index contributed by atoms with van der Waals surface area (Å²) in [5.74, 6) is 2.12. The van der Waals surface area contributed by atoms with E-state index in [1.54, 1.807) is 6.07 Å². The van der Waals surface area contributed by atoms with Crippen molar-refractivity contribution in [3.05, 3.63) is 35.0 Å². The van der Waals surface area contributed by atoms with Crippen molar-refractivity contribution in [2.75, 3.05) is 30.9 Å². The maximum Gasteiger partial charge on any atom is 0.224 e. The summed E-state index contributed by atoms with van der Waals surface area (Å²) in [5, 5.41) is 0.443. The van der Waals surface area contributed by atoms with E-state index >= 15 is 0 Å². The van der Waals surface area contributed by atoms with E-state index in [1.165, 1.54) is 0 Å². The van der Waals surface area contributed by atoms with E-state index in [1.807, 2.05) is 50.3 Å². The van der Waals surface area contributed by atoms with E-state index in [0.29, 0.717) is 23.5 Å². The lowest BCUT2D eigenvalue weighted by Gasteiger charge is -2.18. The smallest absolute Gasteiger partial charge is 0.224 e. The van der Waals surface area contributed by atoms with Gasteiger partial charge < -0.3 is 9.80 Å². The lowest BCUT2D eigenvalue weighted by Crippen LogP contribution is -2.19. The van der Waals surface area contributed by atoms with Crippen molar-refractivity contribution >= 4 is 23.4 Å². The standard InChI is InChI=1S/C13H17ClN6/c1-9-17-11(14)5-12(18-9)20(4)8-10-6-15-13(16-7-10)19(2)3/h5-7H,8H2,1-4H3. The molecule has 0 aromatic carbocycles. The van der Waals surface area contributed by atoms with E-state index < -0.39 is 0 Å². The third-order valence-corrected chi connectivity index (χ3v) is 2.89. The number of halogens is 1. The molecule has 2 aromatic heterocycles. The summed E-state index contributed by atoms with van der Waals surface area (Å²) in [4.78, 5) is 20.8. The first kappa shape index (κ1) is 14.5. The first-order chi connectivity index (χ1) is 9.45. The molecule has 0 amide bonds. The molecule has 2 heterocycles. The second-order valence-corrected chi connectivity index (χ2v) is 5.13. The fourth-order valence-corrected chi connectivity index (χ4v) is 1.95. The van der Waals surface area contributed by atoms with Crippen LogP contribution >= 0.6 is 11.6 Å². The van der Waals surface area contributed by atoms with E-state index in [2.05, 4.69) is 19.9 Å². The van der Waals surface area contributed by atoms with Gasteiger partial charge in [0.15, 0.2) is 0 Å². The van der Waals surface area contributed by atoms with Gasteiger partial charge in [-0.15, -0.1) is 0 Å². The zero-order chi connectivity index (χ0) is 14.7. The van der Waals surface area contributed by atoms with Gasteiger partial charge in [0, 0.05) is 51.7 Å². The molecule has 106 valence electrons. The van der Waals surface area contributed by atoms with Crippen molar-refractivity contribution in [1.82, 2.24) is 19.9 Å². The molecule has 0 atom stereocenters. The van der Waals surface area contributed by atoms with Crippen molar-refractivity contribution in [2.24, 2.45) is 0 Å². The van der Waals surface area contributed by atoms with Crippen molar-refractivity contribution in [3.63, 3.8) is 0 Å². The molecule has 0 saturated carbocycles. The molecule has 6 nitrogen and oxygen atoms in total. The number of aromatic nitrogens is 4. The Labute approximate surface area is 123 Å². The highest BCUT2D eigenvalue weighted by molar-refractivity contribution is 6.29. The largest absolute Gasteiger partial charge is 0.355 e. The van der Waals surface area contributed by atoms with Gasteiger partial charge in [0.25, 0.3) is 0 Å². The summed E-state index contributed by atoms with van der Waals surface area (Å²) < 4.78 is 0. The predicted molar refractivity (Wildman–Crippen MR) is 80.2 cm³/mol. The molecule has 7 heteroatoms. The molecule has 0 radical (unpaired) electrons. The van der Waals surface area contributed by atoms with Crippen LogP contribution in [0.1, 0.15) is 11.4 Å². The molecule has 0 aliphatic rings. The minimum Gasteiger partial charge on any atom is -0.355 e. The van der Waals surface area contributed by atoms with Gasteiger partial charge in [-0.05, 0) is 6.92 Å². The second-order valence-electron chi connectivity index (χ2n) is 4.74. The van der Waals surface area contributed by atoms with Crippen molar-refractivity contribution in [3.8, 4) is 0 Å². The Morgan fingerprint density at radius 2 is 1.75 bits per heavy atom. The summed E-state index contributed by atoms with van der Waals surface area (Å²) in [6.45, 7) is 2.47. The summed E-state index contributed by atoms with van der Waals surface area (Å²) in [7, 11) is 5.76. The zero-order valence-electron chi connectivity index (χ0n) is 12.0. The van der Waals surface area contributed by atoms with Crippen LogP contribution in [0.4, 0.5) is 11.8 Å². The van der Waals surface area contributed by atoms with Crippen LogP contribution in [0.25, 0.3) is 0 Å². The average molecular weight is 293 g/mol. The van der Waals surface area contributed by atoms with Gasteiger partial charge in [-0.1, -0.05) is 11.6 Å². The quantitative estimate of drug-likeness (QED) is 0.803. The Kier molecular flexibility index (Phi) is 4.34. The minimum absolute atomic E-state index is 0.443. The number of rotatable bonds is 4. The predicted octanol–water partition coefficient (Wildman–Crippen LogP) is 1.93. The highest BCUT2D eigenvalue weighted by atomic mass is 35.5. The van der Waals surface area contributed by atoms with Crippen LogP contribution in [0.15, 0.2) is 18.5 Å². The zero-order valence-corrected chi connectivity index (χ0v) is 12.8. The highest BCUT2D eigenvalue weighted by Crippen LogP contribution is 2.16. The van der Waals surface area contributed by atoms with Gasteiger partial charge in [-0.3, -0.25) is 0 Å². The van der Waals surface area contributed by atoms with Crippen molar-refractivity contribution < 1.29 is 0 Å². The first-order valence-electron chi connectivity index (χ1n) is 6.16. The first-order valence-corrected chi connectivity index (χ1v) is 6.54. The molecule has 0 spiro atoms. The molecule has 0 aliphatic heterocycles. The highest BCUT2D eigenvalue weighted by Gasteiger charge is 2.07. The molecular weight excluding hydrogens is 276 g/mol. The second kappa shape index (κ2) is 6.00. The molecule has 0 saturated heterocycles. The molecular formula is C13H17ClN6. The van der Waals surface area contributed by atoms with Gasteiger partial charge in [-0.2, -0.15) is 0 Å². The summed E-state index contributed by atoms with van der Waals surface area (Å²) >= 11 is 5.94. The minimum atomic E-state index is 0.443. The summed E-state index contributed by atoms with van der Waals surface area (Å²) in [6.07, 6.45) is 3.63. The number of anilines is 2. The number of hydrogen-bond acceptors (Lipinski definition) is 6. The third-order valence-electron chi connectivity index (χ3n) is 2.70. The van der Waals surface area contributed by atoms with Gasteiger partial charge in [0.05, 0.1) is 0 Å². The van der Waals surface area contributed by atoms with Crippen LogP contribution in [0.2, 0.25) is 5.15 Å². The Bertz CT molecular complexity index is 564. The van der Waals surface area contributed by atoms with Crippen LogP contribution in [0.3, 0.4) is 0 Å². The maximum atomic E-state index is 5.94. The number of aryl methyl sites for hydroxylation is 1. The van der Waals surface area contributed by atoms with E-state index in [4.69, 9.17) is 11.6 Å². The fourth-order valence-electron chi connectivity index (χ4n) is 1.73. The van der Waals surface area contributed by atoms with Crippen LogP contribution in [0, 0.1) is 6.92 Å². The normalized spacial score (nSPS) is 10.4. The van der Waals surface area contributed by atoms with Crippen LogP contribution in [0.5, 0.6) is 0 Å². The summed E-state index contributed by atoms with van der Waals surface area (Å²) in [5.41, 5.74) is 1.01. The number of hydrogen-bond donors (Lipinski definition) is 0. The van der Waals surface area contributed by atoms with Crippen LogP contribution in [-0.2, 0) is 6.54 Å². The average Bonchev–Trinajstić information content (AvgIpc) is 2.38. The lowest BCUT2D eigenvalue weighted by molar-refractivity contribution is 0.862. The topological polar surface area (TPSA) is 58.0 Å². The monoisotopic (exact) mass is 292 g/mol. The van der Waals surface area contributed by atoms with Gasteiger partial charge in [-0.25, -0.2) is 19.9 Å². The Morgan fingerprint density at radius 1 is 1.10 bits per heavy atom. The third kappa shape index (κ3) is 3.54. The van der Waals surface area contributed by atoms with Crippen LogP contribution in [-0.4, -0.2) is 41.1 Å². The lowest BCUT2D eigenvalue weighted by atomic mass is 10.3. The molecule has 2 rings (SSSR count). The summed E-state index contributed by atoms with van der Waals surface area (Å²) in [6, 6.07) is 1.74. The van der Waals surface area contributed by atoms with E-state index in [0.717, 1.165) is 11.4 Å².